The van der Waals surface area contributed by atoms with Gasteiger partial charge in [0.2, 0.25) is 11.8 Å². The number of rotatable bonds is 9. The van der Waals surface area contributed by atoms with Gasteiger partial charge in [0.1, 0.15) is 5.82 Å². The molecule has 0 aromatic heterocycles. The number of benzene rings is 1. The zero-order chi connectivity index (χ0) is 27.7. The third kappa shape index (κ3) is 6.58. The number of amides is 2. The Bertz CT molecular complexity index is 1020. The molecule has 1 aliphatic heterocycles. The van der Waals surface area contributed by atoms with Crippen LogP contribution in [0.1, 0.15) is 115 Å². The summed E-state index contributed by atoms with van der Waals surface area (Å²) in [7, 11) is 0. The van der Waals surface area contributed by atoms with Crippen LogP contribution in [0.25, 0.3) is 0 Å². The highest BCUT2D eigenvalue weighted by Crippen LogP contribution is 2.61. The molecule has 7 rings (SSSR count). The number of halogens is 1. The van der Waals surface area contributed by atoms with Gasteiger partial charge in [-0.15, -0.1) is 0 Å². The summed E-state index contributed by atoms with van der Waals surface area (Å²) >= 11 is 0. The SMILES string of the molecule is CC1(NC(=O)CC23CC4CC(CC(C4)C2)C3)CCN(CC[C@H](NC(=O)C2CCCCC2)c2cccc(F)c2)CC1. The summed E-state index contributed by atoms with van der Waals surface area (Å²) in [6, 6.07) is 6.52. The summed E-state index contributed by atoms with van der Waals surface area (Å²) in [5.74, 6) is 2.86. The molecule has 6 heteroatoms. The summed E-state index contributed by atoms with van der Waals surface area (Å²) < 4.78 is 14.1. The predicted molar refractivity (Wildman–Crippen MR) is 156 cm³/mol. The van der Waals surface area contributed by atoms with E-state index in [2.05, 4.69) is 22.5 Å². The number of hydrogen-bond donors (Lipinski definition) is 2. The fourth-order valence-electron chi connectivity index (χ4n) is 9.63. The molecule has 5 nitrogen and oxygen atoms in total. The number of piperidine rings is 1. The minimum atomic E-state index is -0.257. The van der Waals surface area contributed by atoms with E-state index < -0.39 is 0 Å². The first kappa shape index (κ1) is 28.2. The quantitative estimate of drug-likeness (QED) is 0.367. The molecule has 0 unspecified atom stereocenters. The van der Waals surface area contributed by atoms with Crippen LogP contribution in [0.4, 0.5) is 4.39 Å². The van der Waals surface area contributed by atoms with Crippen molar-refractivity contribution in [1.82, 2.24) is 15.5 Å². The van der Waals surface area contributed by atoms with E-state index in [0.29, 0.717) is 0 Å². The number of carbonyl (C=O) groups is 2. The molecule has 6 aliphatic rings. The van der Waals surface area contributed by atoms with Gasteiger partial charge in [-0.2, -0.15) is 0 Å². The molecule has 40 heavy (non-hydrogen) atoms. The number of carbonyl (C=O) groups excluding carboxylic acids is 2. The van der Waals surface area contributed by atoms with Crippen molar-refractivity contribution in [3.05, 3.63) is 35.6 Å². The van der Waals surface area contributed by atoms with E-state index in [4.69, 9.17) is 0 Å². The highest BCUT2D eigenvalue weighted by atomic mass is 19.1. The Morgan fingerprint density at radius 3 is 2.27 bits per heavy atom. The van der Waals surface area contributed by atoms with Crippen LogP contribution in [0.15, 0.2) is 24.3 Å². The second-order valence-corrected chi connectivity index (χ2v) is 14.8. The van der Waals surface area contributed by atoms with E-state index in [-0.39, 0.29) is 40.5 Å². The minimum absolute atomic E-state index is 0.0857. The highest BCUT2D eigenvalue weighted by Gasteiger charge is 2.51. The third-order valence-corrected chi connectivity index (χ3v) is 11.4. The van der Waals surface area contributed by atoms with Crippen LogP contribution in [-0.2, 0) is 9.59 Å². The molecule has 0 spiro atoms. The van der Waals surface area contributed by atoms with Crippen molar-refractivity contribution in [3.8, 4) is 0 Å². The van der Waals surface area contributed by atoms with Crippen LogP contribution < -0.4 is 10.6 Å². The number of nitrogens with one attached hydrogen (secondary N) is 2. The average Bonchev–Trinajstić information content (AvgIpc) is 2.91. The molecule has 2 amide bonds. The highest BCUT2D eigenvalue weighted by molar-refractivity contribution is 5.79. The second kappa shape index (κ2) is 11.7. The Kier molecular flexibility index (Phi) is 8.27. The summed E-state index contributed by atoms with van der Waals surface area (Å²) in [5.41, 5.74) is 0.986. The molecule has 1 heterocycles. The van der Waals surface area contributed by atoms with Gasteiger partial charge in [-0.25, -0.2) is 4.39 Å². The molecule has 2 N–H and O–H groups in total. The van der Waals surface area contributed by atoms with Crippen LogP contribution >= 0.6 is 0 Å². The number of likely N-dealkylation sites (tertiary alicyclic amines) is 1. The van der Waals surface area contributed by atoms with E-state index in [9.17, 15) is 14.0 Å². The van der Waals surface area contributed by atoms with Crippen molar-refractivity contribution in [2.75, 3.05) is 19.6 Å². The van der Waals surface area contributed by atoms with Crippen LogP contribution in [0.3, 0.4) is 0 Å². The van der Waals surface area contributed by atoms with Crippen LogP contribution in [0.5, 0.6) is 0 Å². The third-order valence-electron chi connectivity index (χ3n) is 11.4. The van der Waals surface area contributed by atoms with Crippen molar-refractivity contribution < 1.29 is 14.0 Å². The van der Waals surface area contributed by atoms with Gasteiger partial charge in [0, 0.05) is 37.5 Å². The Morgan fingerprint density at radius 2 is 1.65 bits per heavy atom. The first-order valence-electron chi connectivity index (χ1n) is 16.4. The monoisotopic (exact) mass is 551 g/mol. The lowest BCUT2D eigenvalue weighted by Crippen LogP contribution is -2.55. The van der Waals surface area contributed by atoms with E-state index in [1.165, 1.54) is 51.0 Å². The molecule has 6 fully saturated rings. The predicted octanol–water partition coefficient (Wildman–Crippen LogP) is 6.53. The molecular formula is C34H50FN3O2. The maximum absolute atomic E-state index is 14.1. The van der Waals surface area contributed by atoms with E-state index in [1.54, 1.807) is 12.1 Å². The van der Waals surface area contributed by atoms with Crippen LogP contribution in [0.2, 0.25) is 0 Å². The molecule has 0 radical (unpaired) electrons. The van der Waals surface area contributed by atoms with E-state index >= 15 is 0 Å². The molecule has 1 atom stereocenters. The second-order valence-electron chi connectivity index (χ2n) is 14.8. The summed E-state index contributed by atoms with van der Waals surface area (Å²) in [6.07, 6.45) is 16.8. The molecule has 5 aliphatic carbocycles. The first-order valence-corrected chi connectivity index (χ1v) is 16.4. The molecule has 1 saturated heterocycles. The largest absolute Gasteiger partial charge is 0.351 e. The van der Waals surface area contributed by atoms with Crippen molar-refractivity contribution >= 4 is 11.8 Å². The van der Waals surface area contributed by atoms with Gasteiger partial charge in [-0.05, 0) is 118 Å². The van der Waals surface area contributed by atoms with Crippen molar-refractivity contribution in [2.24, 2.45) is 29.1 Å². The van der Waals surface area contributed by atoms with Crippen molar-refractivity contribution in [1.29, 1.82) is 0 Å². The normalized spacial score (nSPS) is 32.5. The summed E-state index contributed by atoms with van der Waals surface area (Å²) in [5, 5.41) is 6.77. The molecule has 4 bridgehead atoms. The van der Waals surface area contributed by atoms with Gasteiger partial charge in [0.25, 0.3) is 0 Å². The molecular weight excluding hydrogens is 501 g/mol. The van der Waals surface area contributed by atoms with Gasteiger partial charge in [0.15, 0.2) is 0 Å². The van der Waals surface area contributed by atoms with Gasteiger partial charge < -0.3 is 15.5 Å². The van der Waals surface area contributed by atoms with Gasteiger partial charge in [-0.1, -0.05) is 31.4 Å². The zero-order valence-electron chi connectivity index (χ0n) is 24.6. The van der Waals surface area contributed by atoms with E-state index in [1.807, 2.05) is 6.07 Å². The lowest BCUT2D eigenvalue weighted by molar-refractivity contribution is -0.131. The van der Waals surface area contributed by atoms with Crippen molar-refractivity contribution in [3.63, 3.8) is 0 Å². The Hall–Kier alpha value is -1.95. The summed E-state index contributed by atoms with van der Waals surface area (Å²) in [4.78, 5) is 28.8. The average molecular weight is 552 g/mol. The lowest BCUT2D eigenvalue weighted by atomic mass is 9.49. The fourth-order valence-corrected chi connectivity index (χ4v) is 9.63. The van der Waals surface area contributed by atoms with Crippen LogP contribution in [0, 0.1) is 34.9 Å². The van der Waals surface area contributed by atoms with Gasteiger partial charge in [0.05, 0.1) is 6.04 Å². The molecule has 1 aromatic rings. The standard InChI is InChI=1S/C34H50FN3O2/c1-33(37-31(39)23-34-20-24-16-25(21-34)18-26(17-24)22-34)11-14-38(15-12-33)13-10-30(28-8-5-9-29(35)19-28)36-32(40)27-6-3-2-4-7-27/h5,8-9,19,24-27,30H,2-4,6-7,10-18,20-23H2,1H3,(H,36,40)(H,37,39)/t24?,25?,26?,30-,34?/m0/s1. The minimum Gasteiger partial charge on any atom is -0.351 e. The van der Waals surface area contributed by atoms with Gasteiger partial charge in [-0.3, -0.25) is 9.59 Å². The molecule has 5 saturated carbocycles. The Morgan fingerprint density at radius 1 is 1.00 bits per heavy atom. The fraction of sp³-hybridized carbons (Fsp3) is 0.765. The number of nitrogens with zero attached hydrogens (tertiary/aromatic N) is 1. The van der Waals surface area contributed by atoms with Crippen molar-refractivity contribution in [2.45, 2.75) is 115 Å². The first-order chi connectivity index (χ1) is 19.3. The molecule has 220 valence electrons. The Balaban J connectivity index is 0.999. The number of hydrogen-bond acceptors (Lipinski definition) is 3. The van der Waals surface area contributed by atoms with Gasteiger partial charge >= 0.3 is 0 Å². The topological polar surface area (TPSA) is 61.4 Å². The lowest BCUT2D eigenvalue weighted by Gasteiger charge is -2.57. The summed E-state index contributed by atoms with van der Waals surface area (Å²) in [6.45, 7) is 4.94. The molecule has 1 aromatic carbocycles. The smallest absolute Gasteiger partial charge is 0.223 e. The zero-order valence-corrected chi connectivity index (χ0v) is 24.6. The Labute approximate surface area is 240 Å². The maximum Gasteiger partial charge on any atom is 0.223 e. The van der Waals surface area contributed by atoms with Crippen LogP contribution in [-0.4, -0.2) is 41.9 Å². The maximum atomic E-state index is 14.1. The van der Waals surface area contributed by atoms with E-state index in [0.717, 1.165) is 94.3 Å².